The Hall–Kier alpha value is -1.08. The van der Waals surface area contributed by atoms with Gasteiger partial charge < -0.3 is 20.3 Å². The molecule has 2 N–H and O–H groups in total. The van der Waals surface area contributed by atoms with Crippen LogP contribution >= 0.6 is 24.8 Å². The molecule has 0 saturated carbocycles. The monoisotopic (exact) mass is 362 g/mol. The van der Waals surface area contributed by atoms with E-state index in [1.54, 1.807) is 6.20 Å². The van der Waals surface area contributed by atoms with Crippen molar-refractivity contribution < 1.29 is 9.53 Å². The second kappa shape index (κ2) is 9.93. The fourth-order valence-corrected chi connectivity index (χ4v) is 2.84. The van der Waals surface area contributed by atoms with Crippen LogP contribution in [0.15, 0.2) is 18.3 Å². The van der Waals surface area contributed by atoms with Crippen molar-refractivity contribution in [2.24, 2.45) is 0 Å². The van der Waals surface area contributed by atoms with Crippen LogP contribution in [0.3, 0.4) is 0 Å². The maximum atomic E-state index is 12.5. The van der Waals surface area contributed by atoms with Crippen LogP contribution < -0.4 is 15.5 Å². The molecule has 0 radical (unpaired) electrons. The average Bonchev–Trinajstić information content (AvgIpc) is 2.56. The van der Waals surface area contributed by atoms with Gasteiger partial charge in [-0.1, -0.05) is 0 Å². The van der Waals surface area contributed by atoms with Gasteiger partial charge in [-0.2, -0.15) is 0 Å². The molecule has 0 unspecified atom stereocenters. The van der Waals surface area contributed by atoms with E-state index < -0.39 is 0 Å². The Labute approximate surface area is 149 Å². The maximum absolute atomic E-state index is 12.5. The van der Waals surface area contributed by atoms with Gasteiger partial charge in [-0.05, 0) is 31.5 Å². The molecule has 0 aliphatic carbocycles. The van der Waals surface area contributed by atoms with Gasteiger partial charge in [0.25, 0.3) is 5.91 Å². The molecule has 1 aromatic heterocycles. The van der Waals surface area contributed by atoms with Gasteiger partial charge in [-0.25, -0.2) is 4.98 Å². The predicted molar refractivity (Wildman–Crippen MR) is 95.1 cm³/mol. The lowest BCUT2D eigenvalue weighted by molar-refractivity contribution is 0.0929. The first-order valence-electron chi connectivity index (χ1n) is 7.64. The fourth-order valence-electron chi connectivity index (χ4n) is 2.84. The number of pyridine rings is 1. The summed E-state index contributed by atoms with van der Waals surface area (Å²) in [6.07, 6.45) is 3.88. The van der Waals surface area contributed by atoms with Crippen LogP contribution in [0.1, 0.15) is 23.2 Å². The van der Waals surface area contributed by atoms with Crippen molar-refractivity contribution in [3.8, 4) is 0 Å². The standard InChI is InChI=1S/C15H22N4O2.2ClH/c20-15(18-12-3-1-5-16-11-12)13-4-2-6-17-14(13)19-7-9-21-10-8-19;;/h2,4,6,12,16H,1,3,5,7-11H2,(H,18,20);2*1H/t12-;;/m0../s1. The number of carbonyl (C=O) groups is 1. The van der Waals surface area contributed by atoms with Gasteiger partial charge in [0.15, 0.2) is 0 Å². The molecule has 130 valence electrons. The minimum Gasteiger partial charge on any atom is -0.378 e. The predicted octanol–water partition coefficient (Wildman–Crippen LogP) is 1.24. The van der Waals surface area contributed by atoms with Gasteiger partial charge in [-0.3, -0.25) is 4.79 Å². The number of morpholine rings is 1. The molecule has 1 aromatic rings. The summed E-state index contributed by atoms with van der Waals surface area (Å²) in [5.41, 5.74) is 0.657. The summed E-state index contributed by atoms with van der Waals surface area (Å²) in [4.78, 5) is 19.1. The van der Waals surface area contributed by atoms with Crippen molar-refractivity contribution in [3.05, 3.63) is 23.9 Å². The molecule has 1 atom stereocenters. The van der Waals surface area contributed by atoms with Crippen LogP contribution in [-0.4, -0.2) is 56.3 Å². The molecular formula is C15H24Cl2N4O2. The highest BCUT2D eigenvalue weighted by Crippen LogP contribution is 2.18. The Bertz CT molecular complexity index is 492. The Balaban J connectivity index is 0.00000132. The van der Waals surface area contributed by atoms with E-state index in [4.69, 9.17) is 4.74 Å². The molecule has 3 rings (SSSR count). The molecule has 6 nitrogen and oxygen atoms in total. The van der Waals surface area contributed by atoms with Crippen molar-refractivity contribution >= 4 is 36.5 Å². The fraction of sp³-hybridized carbons (Fsp3) is 0.600. The van der Waals surface area contributed by atoms with Crippen LogP contribution in [0.25, 0.3) is 0 Å². The lowest BCUT2D eigenvalue weighted by atomic mass is 10.1. The Morgan fingerprint density at radius 3 is 2.83 bits per heavy atom. The largest absolute Gasteiger partial charge is 0.378 e. The third-order valence-electron chi connectivity index (χ3n) is 3.97. The Kier molecular flexibility index (Phi) is 8.62. The average molecular weight is 363 g/mol. The number of carbonyl (C=O) groups excluding carboxylic acids is 1. The molecule has 0 spiro atoms. The molecule has 2 aliphatic heterocycles. The number of piperidine rings is 1. The third kappa shape index (κ3) is 5.21. The first kappa shape index (κ1) is 20.0. The van der Waals surface area contributed by atoms with Gasteiger partial charge in [0, 0.05) is 31.9 Å². The Morgan fingerprint density at radius 2 is 2.13 bits per heavy atom. The number of anilines is 1. The minimum atomic E-state index is -0.0294. The first-order valence-corrected chi connectivity index (χ1v) is 7.64. The van der Waals surface area contributed by atoms with E-state index in [9.17, 15) is 4.79 Å². The highest BCUT2D eigenvalue weighted by molar-refractivity contribution is 5.99. The second-order valence-corrected chi connectivity index (χ2v) is 5.49. The summed E-state index contributed by atoms with van der Waals surface area (Å²) >= 11 is 0. The van der Waals surface area contributed by atoms with Crippen molar-refractivity contribution in [1.82, 2.24) is 15.6 Å². The normalized spacial score (nSPS) is 20.9. The summed E-state index contributed by atoms with van der Waals surface area (Å²) in [5, 5.41) is 6.43. The zero-order valence-corrected chi connectivity index (χ0v) is 14.6. The molecule has 0 aromatic carbocycles. The first-order chi connectivity index (χ1) is 10.3. The number of rotatable bonds is 3. The minimum absolute atomic E-state index is 0. The summed E-state index contributed by atoms with van der Waals surface area (Å²) in [5.74, 6) is 0.736. The number of ether oxygens (including phenoxy) is 1. The van der Waals surface area contributed by atoms with E-state index >= 15 is 0 Å². The lowest BCUT2D eigenvalue weighted by Gasteiger charge is -2.30. The summed E-state index contributed by atoms with van der Waals surface area (Å²) in [6.45, 7) is 4.82. The zero-order valence-electron chi connectivity index (χ0n) is 13.0. The van der Waals surface area contributed by atoms with E-state index in [1.165, 1.54) is 0 Å². The van der Waals surface area contributed by atoms with E-state index in [1.807, 2.05) is 12.1 Å². The van der Waals surface area contributed by atoms with Crippen LogP contribution in [0.5, 0.6) is 0 Å². The SMILES string of the molecule is Cl.Cl.O=C(N[C@H]1CCCNC1)c1cccnc1N1CCOCC1. The number of hydrogen-bond donors (Lipinski definition) is 2. The Morgan fingerprint density at radius 1 is 1.35 bits per heavy atom. The molecule has 23 heavy (non-hydrogen) atoms. The van der Waals surface area contributed by atoms with Crippen LogP contribution in [0, 0.1) is 0 Å². The van der Waals surface area contributed by atoms with Gasteiger partial charge in [0.2, 0.25) is 0 Å². The highest BCUT2D eigenvalue weighted by Gasteiger charge is 2.22. The number of aromatic nitrogens is 1. The molecule has 3 heterocycles. The quantitative estimate of drug-likeness (QED) is 0.846. The zero-order chi connectivity index (χ0) is 14.5. The van der Waals surface area contributed by atoms with Crippen LogP contribution in [0.2, 0.25) is 0 Å². The van der Waals surface area contributed by atoms with E-state index in [-0.39, 0.29) is 36.8 Å². The lowest BCUT2D eigenvalue weighted by Crippen LogP contribution is -2.46. The second-order valence-electron chi connectivity index (χ2n) is 5.49. The van der Waals surface area contributed by atoms with Crippen molar-refractivity contribution in [3.63, 3.8) is 0 Å². The topological polar surface area (TPSA) is 66.5 Å². The van der Waals surface area contributed by atoms with Gasteiger partial charge in [0.05, 0.1) is 18.8 Å². The maximum Gasteiger partial charge on any atom is 0.255 e. The van der Waals surface area contributed by atoms with Crippen molar-refractivity contribution in [2.45, 2.75) is 18.9 Å². The molecule has 2 fully saturated rings. The molecular weight excluding hydrogens is 339 g/mol. The third-order valence-corrected chi connectivity index (χ3v) is 3.97. The summed E-state index contributed by atoms with van der Waals surface area (Å²) in [6, 6.07) is 3.88. The number of nitrogens with one attached hydrogen (secondary N) is 2. The molecule has 2 aliphatic rings. The van der Waals surface area contributed by atoms with Crippen molar-refractivity contribution in [2.75, 3.05) is 44.3 Å². The molecule has 8 heteroatoms. The van der Waals surface area contributed by atoms with E-state index in [2.05, 4.69) is 20.5 Å². The number of hydrogen-bond acceptors (Lipinski definition) is 5. The number of nitrogens with zero attached hydrogens (tertiary/aromatic N) is 2. The van der Waals surface area contributed by atoms with E-state index in [0.29, 0.717) is 18.8 Å². The number of amides is 1. The molecule has 1 amide bonds. The molecule has 0 bridgehead atoms. The van der Waals surface area contributed by atoms with Gasteiger partial charge in [0.1, 0.15) is 5.82 Å². The summed E-state index contributed by atoms with van der Waals surface area (Å²) < 4.78 is 5.36. The van der Waals surface area contributed by atoms with Crippen LogP contribution in [0.4, 0.5) is 5.82 Å². The van der Waals surface area contributed by atoms with E-state index in [0.717, 1.165) is 44.8 Å². The smallest absolute Gasteiger partial charge is 0.255 e. The number of halogens is 2. The highest BCUT2D eigenvalue weighted by atomic mass is 35.5. The van der Waals surface area contributed by atoms with Crippen LogP contribution in [-0.2, 0) is 4.74 Å². The van der Waals surface area contributed by atoms with Gasteiger partial charge >= 0.3 is 0 Å². The van der Waals surface area contributed by atoms with Gasteiger partial charge in [-0.15, -0.1) is 24.8 Å². The molecule has 2 saturated heterocycles. The summed E-state index contributed by atoms with van der Waals surface area (Å²) in [7, 11) is 0. The van der Waals surface area contributed by atoms with Crippen molar-refractivity contribution in [1.29, 1.82) is 0 Å².